The fraction of sp³-hybridized carbons (Fsp3) is 0.231. The molecule has 8 heteroatoms. The quantitative estimate of drug-likeness (QED) is 0.798. The van der Waals surface area contributed by atoms with Gasteiger partial charge in [0.05, 0.1) is 22.0 Å². The standard InChI is InChI=1S/C13H15ClN2O4S/c1-8-10(13(17)18)3-4-12(21(2,19)20)11(8)7-16-6-9(14)5-15/h3-6H,7,15H2,1-2H3,(H,17,18). The summed E-state index contributed by atoms with van der Waals surface area (Å²) in [5.74, 6) is -1.13. The zero-order chi connectivity index (χ0) is 16.2. The maximum atomic E-state index is 11.8. The Bertz CT molecular complexity index is 724. The summed E-state index contributed by atoms with van der Waals surface area (Å²) in [6.45, 7) is 1.53. The zero-order valence-electron chi connectivity index (χ0n) is 11.5. The topological polar surface area (TPSA) is 110 Å². The first-order valence-corrected chi connectivity index (χ1v) is 8.08. The molecule has 0 atom stereocenters. The van der Waals surface area contributed by atoms with Crippen LogP contribution in [-0.4, -0.2) is 32.0 Å². The second-order valence-corrected chi connectivity index (χ2v) is 6.73. The zero-order valence-corrected chi connectivity index (χ0v) is 13.1. The van der Waals surface area contributed by atoms with Gasteiger partial charge in [-0.3, -0.25) is 4.99 Å². The van der Waals surface area contributed by atoms with Crippen molar-refractivity contribution in [2.45, 2.75) is 18.4 Å². The lowest BCUT2D eigenvalue weighted by Crippen LogP contribution is -2.09. The second-order valence-electron chi connectivity index (χ2n) is 4.31. The highest BCUT2D eigenvalue weighted by Crippen LogP contribution is 2.24. The van der Waals surface area contributed by atoms with Crippen LogP contribution in [0, 0.1) is 6.92 Å². The lowest BCUT2D eigenvalue weighted by Gasteiger charge is -2.12. The average Bonchev–Trinajstić information content (AvgIpc) is 2.38. The molecule has 0 aliphatic rings. The maximum absolute atomic E-state index is 11.8. The van der Waals surface area contributed by atoms with E-state index in [4.69, 9.17) is 22.4 Å². The van der Waals surface area contributed by atoms with Crippen molar-refractivity contribution in [3.05, 3.63) is 40.1 Å². The van der Waals surface area contributed by atoms with Gasteiger partial charge in [0.25, 0.3) is 0 Å². The third-order valence-electron chi connectivity index (χ3n) is 2.81. The van der Waals surface area contributed by atoms with Gasteiger partial charge in [-0.1, -0.05) is 11.6 Å². The molecule has 0 heterocycles. The van der Waals surface area contributed by atoms with Crippen LogP contribution in [0.3, 0.4) is 0 Å². The molecule has 1 aromatic rings. The number of sulfone groups is 1. The Morgan fingerprint density at radius 1 is 1.48 bits per heavy atom. The van der Waals surface area contributed by atoms with Crippen LogP contribution >= 0.6 is 11.6 Å². The molecule has 0 unspecified atom stereocenters. The number of carboxylic acid groups (broad SMARTS) is 1. The Morgan fingerprint density at radius 3 is 2.57 bits per heavy atom. The molecule has 0 spiro atoms. The summed E-state index contributed by atoms with van der Waals surface area (Å²) in [6, 6.07) is 2.55. The van der Waals surface area contributed by atoms with Crippen LogP contribution in [0.15, 0.2) is 33.3 Å². The number of hydrogen-bond donors (Lipinski definition) is 2. The van der Waals surface area contributed by atoms with Gasteiger partial charge in [-0.05, 0) is 30.2 Å². The molecule has 114 valence electrons. The SMILES string of the molecule is Cc1c(C(=O)O)ccc(S(C)(=O)=O)c1CN=CC(Cl)=CN. The molecule has 0 aliphatic carbocycles. The Balaban J connectivity index is 3.40. The van der Waals surface area contributed by atoms with E-state index in [0.29, 0.717) is 11.1 Å². The Hall–Kier alpha value is -1.86. The molecule has 0 aromatic heterocycles. The van der Waals surface area contributed by atoms with Crippen LogP contribution in [0.25, 0.3) is 0 Å². The fourth-order valence-corrected chi connectivity index (χ4v) is 2.82. The highest BCUT2D eigenvalue weighted by Gasteiger charge is 2.19. The molecule has 3 N–H and O–H groups in total. The number of carbonyl (C=O) groups is 1. The van der Waals surface area contributed by atoms with Crippen molar-refractivity contribution in [3.63, 3.8) is 0 Å². The third-order valence-corrected chi connectivity index (χ3v) is 4.21. The molecule has 0 fully saturated rings. The van der Waals surface area contributed by atoms with Crippen molar-refractivity contribution in [3.8, 4) is 0 Å². The summed E-state index contributed by atoms with van der Waals surface area (Å²) in [7, 11) is -3.49. The molecular formula is C13H15ClN2O4S. The third kappa shape index (κ3) is 4.30. The Kier molecular flexibility index (Phi) is 5.51. The summed E-state index contributed by atoms with van der Waals surface area (Å²) in [6.07, 6.45) is 3.48. The monoisotopic (exact) mass is 330 g/mol. The van der Waals surface area contributed by atoms with E-state index in [-0.39, 0.29) is 22.0 Å². The van der Waals surface area contributed by atoms with E-state index in [0.717, 1.165) is 12.5 Å². The van der Waals surface area contributed by atoms with Gasteiger partial charge in [-0.15, -0.1) is 0 Å². The Morgan fingerprint density at radius 2 is 2.10 bits per heavy atom. The van der Waals surface area contributed by atoms with Crippen LogP contribution < -0.4 is 5.73 Å². The number of hydrogen-bond acceptors (Lipinski definition) is 5. The van der Waals surface area contributed by atoms with Crippen LogP contribution in [0.2, 0.25) is 0 Å². The summed E-state index contributed by atoms with van der Waals surface area (Å²) < 4.78 is 23.6. The van der Waals surface area contributed by atoms with Gasteiger partial charge in [-0.25, -0.2) is 13.2 Å². The van der Waals surface area contributed by atoms with Crippen molar-refractivity contribution >= 4 is 33.6 Å². The number of halogens is 1. The van der Waals surface area contributed by atoms with Gasteiger partial charge in [0.1, 0.15) is 0 Å². The molecule has 1 rings (SSSR count). The largest absolute Gasteiger partial charge is 0.478 e. The number of nitrogens with two attached hydrogens (primary N) is 1. The van der Waals surface area contributed by atoms with Gasteiger partial charge in [0.2, 0.25) is 0 Å². The molecule has 0 amide bonds. The molecule has 0 aliphatic heterocycles. The number of benzene rings is 1. The predicted octanol–water partition coefficient (Wildman–Crippen LogP) is 1.71. The Labute approximate surface area is 127 Å². The molecule has 21 heavy (non-hydrogen) atoms. The molecule has 0 bridgehead atoms. The lowest BCUT2D eigenvalue weighted by atomic mass is 10.0. The molecule has 0 saturated carbocycles. The minimum absolute atomic E-state index is 0.0145. The van der Waals surface area contributed by atoms with Gasteiger partial charge in [0, 0.05) is 18.7 Å². The lowest BCUT2D eigenvalue weighted by molar-refractivity contribution is 0.0696. The summed E-state index contributed by atoms with van der Waals surface area (Å²) >= 11 is 5.66. The van der Waals surface area contributed by atoms with E-state index in [1.54, 1.807) is 6.92 Å². The number of rotatable bonds is 5. The van der Waals surface area contributed by atoms with E-state index in [1.807, 2.05) is 0 Å². The number of allylic oxidation sites excluding steroid dienone is 1. The van der Waals surface area contributed by atoms with Crippen LogP contribution in [0.4, 0.5) is 0 Å². The summed E-state index contributed by atoms with van der Waals surface area (Å²) in [5, 5.41) is 9.30. The predicted molar refractivity (Wildman–Crippen MR) is 81.6 cm³/mol. The summed E-state index contributed by atoms with van der Waals surface area (Å²) in [4.78, 5) is 15.2. The van der Waals surface area contributed by atoms with Gasteiger partial charge >= 0.3 is 5.97 Å². The summed E-state index contributed by atoms with van der Waals surface area (Å²) in [5.41, 5.74) is 5.91. The average molecular weight is 331 g/mol. The molecule has 1 aromatic carbocycles. The number of aliphatic imine (C=N–C) groups is 1. The van der Waals surface area contributed by atoms with E-state index in [9.17, 15) is 13.2 Å². The highest BCUT2D eigenvalue weighted by molar-refractivity contribution is 7.90. The minimum Gasteiger partial charge on any atom is -0.478 e. The van der Waals surface area contributed by atoms with Crippen molar-refractivity contribution in [1.29, 1.82) is 0 Å². The first-order chi connectivity index (χ1) is 9.68. The van der Waals surface area contributed by atoms with Gasteiger partial charge < -0.3 is 10.8 Å². The maximum Gasteiger partial charge on any atom is 0.335 e. The van der Waals surface area contributed by atoms with Gasteiger partial charge in [0.15, 0.2) is 9.84 Å². The second kappa shape index (κ2) is 6.73. The van der Waals surface area contributed by atoms with Crippen LogP contribution in [0.5, 0.6) is 0 Å². The van der Waals surface area contributed by atoms with E-state index < -0.39 is 15.8 Å². The van der Waals surface area contributed by atoms with E-state index in [2.05, 4.69) is 4.99 Å². The van der Waals surface area contributed by atoms with E-state index >= 15 is 0 Å². The van der Waals surface area contributed by atoms with Crippen molar-refractivity contribution in [2.24, 2.45) is 10.7 Å². The van der Waals surface area contributed by atoms with Crippen molar-refractivity contribution in [2.75, 3.05) is 6.26 Å². The van der Waals surface area contributed by atoms with Crippen molar-refractivity contribution in [1.82, 2.24) is 0 Å². The number of nitrogens with zero attached hydrogens (tertiary/aromatic N) is 1. The minimum atomic E-state index is -3.49. The molecule has 0 saturated heterocycles. The first-order valence-electron chi connectivity index (χ1n) is 5.81. The molecular weight excluding hydrogens is 316 g/mol. The van der Waals surface area contributed by atoms with Gasteiger partial charge in [-0.2, -0.15) is 0 Å². The highest BCUT2D eigenvalue weighted by atomic mass is 35.5. The van der Waals surface area contributed by atoms with Crippen LogP contribution in [-0.2, 0) is 16.4 Å². The number of aromatic carboxylic acids is 1. The first kappa shape index (κ1) is 17.2. The number of carboxylic acids is 1. The normalized spacial score (nSPS) is 12.8. The molecule has 6 nitrogen and oxygen atoms in total. The van der Waals surface area contributed by atoms with E-state index in [1.165, 1.54) is 18.3 Å². The van der Waals surface area contributed by atoms with Crippen molar-refractivity contribution < 1.29 is 18.3 Å². The van der Waals surface area contributed by atoms with Crippen LogP contribution in [0.1, 0.15) is 21.5 Å². The molecule has 0 radical (unpaired) electrons. The fourth-order valence-electron chi connectivity index (χ4n) is 1.77. The smallest absolute Gasteiger partial charge is 0.335 e.